The molecule has 0 aliphatic rings. The minimum atomic E-state index is -2.48. The first-order valence-corrected chi connectivity index (χ1v) is 3.50. The van der Waals surface area contributed by atoms with E-state index in [1.807, 2.05) is 0 Å². The summed E-state index contributed by atoms with van der Waals surface area (Å²) in [4.78, 5) is 0. The molecule has 4 heteroatoms. The highest BCUT2D eigenvalue weighted by Crippen LogP contribution is 2.18. The first kappa shape index (κ1) is 7.21. The molecule has 0 bridgehead atoms. The quantitative estimate of drug-likeness (QED) is 0.638. The number of nitrogens with zero attached hydrogens (tertiary/aromatic N) is 2. The van der Waals surface area contributed by atoms with Gasteiger partial charge >= 0.3 is 0 Å². The lowest BCUT2D eigenvalue weighted by atomic mass is 10.3. The van der Waals surface area contributed by atoms with Crippen LogP contribution in [0.2, 0.25) is 0 Å². The van der Waals surface area contributed by atoms with Crippen molar-refractivity contribution >= 4 is 5.52 Å². The van der Waals surface area contributed by atoms with Gasteiger partial charge in [-0.25, -0.2) is 13.3 Å². The molecule has 62 valence electrons. The molecule has 0 N–H and O–H groups in total. The van der Waals surface area contributed by atoms with E-state index in [4.69, 9.17) is 0 Å². The highest BCUT2D eigenvalue weighted by molar-refractivity contribution is 5.46. The normalized spacial score (nSPS) is 11.2. The van der Waals surface area contributed by atoms with Crippen LogP contribution in [0.15, 0.2) is 30.5 Å². The third-order valence-electron chi connectivity index (χ3n) is 1.67. The zero-order chi connectivity index (χ0) is 8.55. The van der Waals surface area contributed by atoms with Crippen molar-refractivity contribution in [3.8, 4) is 0 Å². The molecule has 0 saturated carbocycles. The lowest BCUT2D eigenvalue weighted by molar-refractivity contribution is 0.143. The van der Waals surface area contributed by atoms with Crippen molar-refractivity contribution in [2.75, 3.05) is 0 Å². The van der Waals surface area contributed by atoms with Crippen molar-refractivity contribution in [2.45, 2.75) is 6.43 Å². The zero-order valence-corrected chi connectivity index (χ0v) is 6.11. The molecule has 2 rings (SSSR count). The Morgan fingerprint density at radius 1 is 1.25 bits per heavy atom. The lowest BCUT2D eigenvalue weighted by Crippen LogP contribution is -1.97. The Morgan fingerprint density at radius 2 is 2.08 bits per heavy atom. The Balaban J connectivity index is 2.73. The maximum atomic E-state index is 12.3. The molecule has 0 unspecified atom stereocenters. The molecule has 2 aromatic rings. The molecule has 0 radical (unpaired) electrons. The molecule has 2 heterocycles. The second kappa shape index (κ2) is 2.55. The van der Waals surface area contributed by atoms with Gasteiger partial charge in [-0.2, -0.15) is 5.10 Å². The van der Waals surface area contributed by atoms with Crippen LogP contribution in [0.4, 0.5) is 8.78 Å². The third-order valence-corrected chi connectivity index (χ3v) is 1.67. The molecule has 0 aliphatic carbocycles. The van der Waals surface area contributed by atoms with E-state index in [1.54, 1.807) is 18.2 Å². The van der Waals surface area contributed by atoms with Crippen LogP contribution in [-0.2, 0) is 0 Å². The number of alkyl halides is 2. The number of pyridine rings is 1. The van der Waals surface area contributed by atoms with E-state index in [-0.39, 0.29) is 5.69 Å². The Bertz CT molecular complexity index is 395. The van der Waals surface area contributed by atoms with Crippen molar-refractivity contribution < 1.29 is 8.78 Å². The van der Waals surface area contributed by atoms with E-state index in [0.717, 1.165) is 0 Å². The molecular formula is C8H6F2N2. The van der Waals surface area contributed by atoms with Gasteiger partial charge in [-0.15, -0.1) is 0 Å². The van der Waals surface area contributed by atoms with Crippen LogP contribution in [0.5, 0.6) is 0 Å². The maximum absolute atomic E-state index is 12.3. The SMILES string of the molecule is FC(F)c1cccc2ccnn12. The van der Waals surface area contributed by atoms with Gasteiger partial charge in [-0.05, 0) is 18.2 Å². The Kier molecular flexibility index (Phi) is 1.53. The second-order valence-corrected chi connectivity index (χ2v) is 2.42. The molecule has 0 atom stereocenters. The summed E-state index contributed by atoms with van der Waals surface area (Å²) in [5, 5.41) is 3.78. The van der Waals surface area contributed by atoms with Crippen LogP contribution in [0.25, 0.3) is 5.52 Å². The summed E-state index contributed by atoms with van der Waals surface area (Å²) >= 11 is 0. The van der Waals surface area contributed by atoms with Gasteiger partial charge in [0.25, 0.3) is 6.43 Å². The Labute approximate surface area is 67.4 Å². The van der Waals surface area contributed by atoms with Gasteiger partial charge in [-0.3, -0.25) is 0 Å². The first-order chi connectivity index (χ1) is 5.79. The molecule has 0 aliphatic heterocycles. The van der Waals surface area contributed by atoms with Crippen LogP contribution < -0.4 is 0 Å². The van der Waals surface area contributed by atoms with Crippen molar-refractivity contribution in [3.63, 3.8) is 0 Å². The first-order valence-electron chi connectivity index (χ1n) is 3.50. The smallest absolute Gasteiger partial charge is 0.232 e. The van der Waals surface area contributed by atoms with Crippen molar-refractivity contribution in [1.29, 1.82) is 0 Å². The van der Waals surface area contributed by atoms with E-state index >= 15 is 0 Å². The van der Waals surface area contributed by atoms with Crippen LogP contribution >= 0.6 is 0 Å². The topological polar surface area (TPSA) is 17.3 Å². The number of hydrogen-bond acceptors (Lipinski definition) is 1. The van der Waals surface area contributed by atoms with Crippen molar-refractivity contribution in [2.24, 2.45) is 0 Å². The second-order valence-electron chi connectivity index (χ2n) is 2.42. The minimum absolute atomic E-state index is 0.0718. The minimum Gasteiger partial charge on any atom is -0.232 e. The third kappa shape index (κ3) is 0.958. The number of hydrogen-bond donors (Lipinski definition) is 0. The highest BCUT2D eigenvalue weighted by Gasteiger charge is 2.10. The summed E-state index contributed by atoms with van der Waals surface area (Å²) in [5.74, 6) is 0. The predicted molar refractivity (Wildman–Crippen MR) is 40.1 cm³/mol. The van der Waals surface area contributed by atoms with Gasteiger partial charge in [0.15, 0.2) is 0 Å². The van der Waals surface area contributed by atoms with Gasteiger partial charge in [0.2, 0.25) is 0 Å². The molecule has 0 spiro atoms. The lowest BCUT2D eigenvalue weighted by Gasteiger charge is -2.01. The largest absolute Gasteiger partial charge is 0.280 e. The van der Waals surface area contributed by atoms with E-state index in [0.29, 0.717) is 5.52 Å². The molecule has 12 heavy (non-hydrogen) atoms. The van der Waals surface area contributed by atoms with Crippen molar-refractivity contribution in [1.82, 2.24) is 9.61 Å². The number of halogens is 2. The van der Waals surface area contributed by atoms with Crippen LogP contribution in [0, 0.1) is 0 Å². The summed E-state index contributed by atoms with van der Waals surface area (Å²) in [7, 11) is 0. The Morgan fingerprint density at radius 3 is 2.83 bits per heavy atom. The van der Waals surface area contributed by atoms with Gasteiger partial charge in [0, 0.05) is 6.20 Å². The highest BCUT2D eigenvalue weighted by atomic mass is 19.3. The van der Waals surface area contributed by atoms with Gasteiger partial charge < -0.3 is 0 Å². The predicted octanol–water partition coefficient (Wildman–Crippen LogP) is 2.27. The Hall–Kier alpha value is -1.45. The summed E-state index contributed by atoms with van der Waals surface area (Å²) < 4.78 is 25.9. The number of rotatable bonds is 1. The van der Waals surface area contributed by atoms with Crippen LogP contribution in [0.1, 0.15) is 12.1 Å². The van der Waals surface area contributed by atoms with Crippen LogP contribution in [0.3, 0.4) is 0 Å². The van der Waals surface area contributed by atoms with Crippen LogP contribution in [-0.4, -0.2) is 9.61 Å². The molecule has 0 saturated heterocycles. The van der Waals surface area contributed by atoms with E-state index in [9.17, 15) is 8.78 Å². The summed E-state index contributed by atoms with van der Waals surface area (Å²) in [6.07, 6.45) is -0.977. The molecule has 0 fully saturated rings. The molecule has 0 amide bonds. The number of fused-ring (bicyclic) bond motifs is 1. The molecule has 2 aromatic heterocycles. The monoisotopic (exact) mass is 168 g/mol. The van der Waals surface area contributed by atoms with E-state index < -0.39 is 6.43 Å². The fourth-order valence-corrected chi connectivity index (χ4v) is 1.14. The summed E-state index contributed by atoms with van der Waals surface area (Å²) in [6.45, 7) is 0. The van der Waals surface area contributed by atoms with Gasteiger partial charge in [0.05, 0.1) is 5.52 Å². The van der Waals surface area contributed by atoms with Crippen molar-refractivity contribution in [3.05, 3.63) is 36.2 Å². The van der Waals surface area contributed by atoms with E-state index in [2.05, 4.69) is 5.10 Å². The van der Waals surface area contributed by atoms with Gasteiger partial charge in [-0.1, -0.05) is 6.07 Å². The average molecular weight is 168 g/mol. The average Bonchev–Trinajstić information content (AvgIpc) is 2.49. The van der Waals surface area contributed by atoms with E-state index in [1.165, 1.54) is 16.8 Å². The summed E-state index contributed by atoms with van der Waals surface area (Å²) in [6, 6.07) is 6.38. The fourth-order valence-electron chi connectivity index (χ4n) is 1.14. The molecule has 0 aromatic carbocycles. The zero-order valence-electron chi connectivity index (χ0n) is 6.11. The summed E-state index contributed by atoms with van der Waals surface area (Å²) in [5.41, 5.74) is 0.616. The maximum Gasteiger partial charge on any atom is 0.280 e. The fraction of sp³-hybridized carbons (Fsp3) is 0.125. The van der Waals surface area contributed by atoms with Gasteiger partial charge in [0.1, 0.15) is 5.69 Å². The number of aromatic nitrogens is 2. The standard InChI is InChI=1S/C8H6F2N2/c9-8(10)7-3-1-2-6-4-5-11-12(6)7/h1-5,8H. The molecule has 2 nitrogen and oxygen atoms in total. The molecular weight excluding hydrogens is 162 g/mol.